The third-order valence-electron chi connectivity index (χ3n) is 3.66. The Balaban J connectivity index is 1.69. The van der Waals surface area contributed by atoms with E-state index in [0.29, 0.717) is 11.3 Å². The highest BCUT2D eigenvalue weighted by Crippen LogP contribution is 2.23. The number of nitrogens with one attached hydrogen (secondary N) is 1. The van der Waals surface area contributed by atoms with Gasteiger partial charge in [-0.3, -0.25) is 14.9 Å². The Hall–Kier alpha value is -3.47. The van der Waals surface area contributed by atoms with E-state index in [1.54, 1.807) is 30.3 Å². The van der Waals surface area contributed by atoms with Gasteiger partial charge in [-0.2, -0.15) is 0 Å². The fourth-order valence-electron chi connectivity index (χ4n) is 2.42. The number of ketones is 1. The predicted octanol–water partition coefficient (Wildman–Crippen LogP) is 4.65. The lowest BCUT2D eigenvalue weighted by molar-refractivity contribution is 0.105. The van der Waals surface area contributed by atoms with E-state index in [1.165, 1.54) is 6.92 Å². The van der Waals surface area contributed by atoms with Gasteiger partial charge in [-0.15, -0.1) is 0 Å². The molecule has 0 aliphatic carbocycles. The van der Waals surface area contributed by atoms with Crippen LogP contribution in [-0.4, -0.2) is 17.6 Å². The normalized spacial score (nSPS) is 11.2. The van der Waals surface area contributed by atoms with Crippen molar-refractivity contribution >= 4 is 34.0 Å². The third kappa shape index (κ3) is 3.90. The summed E-state index contributed by atoms with van der Waals surface area (Å²) in [5.74, 6) is -0.293. The van der Waals surface area contributed by atoms with Gasteiger partial charge in [0.2, 0.25) is 5.78 Å². The van der Waals surface area contributed by atoms with Gasteiger partial charge in [0.25, 0.3) is 0 Å². The molecule has 0 unspecified atom stereocenters. The second-order valence-corrected chi connectivity index (χ2v) is 5.40. The summed E-state index contributed by atoms with van der Waals surface area (Å²) in [5.41, 5.74) is 1.20. The number of hydrogen-bond acceptors (Lipinski definition) is 4. The fraction of sp³-hybridized carbons (Fsp3) is 0.0500. The van der Waals surface area contributed by atoms with Crippen LogP contribution in [0, 0.1) is 0 Å². The topological polar surface area (TPSA) is 67.8 Å². The molecule has 3 aromatic carbocycles. The number of Topliss-reactive ketones (excluding diaryl/α,β-unsaturated/α-hetero) is 1. The van der Waals surface area contributed by atoms with E-state index in [2.05, 4.69) is 10.5 Å². The van der Waals surface area contributed by atoms with Crippen LogP contribution in [0.3, 0.4) is 0 Å². The Morgan fingerprint density at radius 2 is 1.56 bits per heavy atom. The van der Waals surface area contributed by atoms with Crippen molar-refractivity contribution in [2.75, 3.05) is 5.32 Å². The average Bonchev–Trinajstić information content (AvgIpc) is 2.66. The highest BCUT2D eigenvalue weighted by atomic mass is 16.7. The number of rotatable bonds is 4. The van der Waals surface area contributed by atoms with Crippen molar-refractivity contribution in [2.45, 2.75) is 6.92 Å². The van der Waals surface area contributed by atoms with Crippen molar-refractivity contribution in [3.63, 3.8) is 0 Å². The van der Waals surface area contributed by atoms with E-state index in [9.17, 15) is 9.59 Å². The van der Waals surface area contributed by atoms with Crippen LogP contribution >= 0.6 is 0 Å². The van der Waals surface area contributed by atoms with Crippen LogP contribution in [0.25, 0.3) is 10.8 Å². The van der Waals surface area contributed by atoms with Crippen LogP contribution in [0.15, 0.2) is 78.0 Å². The summed E-state index contributed by atoms with van der Waals surface area (Å²) in [5, 5.41) is 8.16. The van der Waals surface area contributed by atoms with Gasteiger partial charge in [0.15, 0.2) is 0 Å². The van der Waals surface area contributed by atoms with E-state index < -0.39 is 6.09 Å². The lowest BCUT2D eigenvalue weighted by atomic mass is 10.1. The Kier molecular flexibility index (Phi) is 4.85. The molecule has 0 aliphatic heterocycles. The standard InChI is InChI=1S/C20H16N2O3/c1-14(19(23)16-9-3-2-4-10-16)22-25-20(24)21-18-13-7-11-15-8-5-6-12-17(15)18/h2-13H,1H3,(H,21,24)/b22-14+. The first kappa shape index (κ1) is 16.4. The van der Waals surface area contributed by atoms with Crippen molar-refractivity contribution < 1.29 is 14.4 Å². The molecule has 1 amide bonds. The highest BCUT2D eigenvalue weighted by molar-refractivity contribution is 6.45. The summed E-state index contributed by atoms with van der Waals surface area (Å²) in [4.78, 5) is 28.9. The van der Waals surface area contributed by atoms with Crippen LogP contribution in [0.4, 0.5) is 10.5 Å². The molecule has 1 N–H and O–H groups in total. The van der Waals surface area contributed by atoms with E-state index in [-0.39, 0.29) is 11.5 Å². The van der Waals surface area contributed by atoms with Crippen LogP contribution in [0.5, 0.6) is 0 Å². The minimum Gasteiger partial charge on any atom is -0.297 e. The van der Waals surface area contributed by atoms with Gasteiger partial charge in [-0.1, -0.05) is 71.9 Å². The zero-order valence-electron chi connectivity index (χ0n) is 13.6. The Morgan fingerprint density at radius 3 is 2.36 bits per heavy atom. The van der Waals surface area contributed by atoms with Crippen LogP contribution in [0.2, 0.25) is 0 Å². The molecular weight excluding hydrogens is 316 g/mol. The van der Waals surface area contributed by atoms with Crippen molar-refractivity contribution in [1.82, 2.24) is 0 Å². The first-order valence-electron chi connectivity index (χ1n) is 7.75. The minimum atomic E-state index is -0.753. The predicted molar refractivity (Wildman–Crippen MR) is 97.9 cm³/mol. The molecule has 5 heteroatoms. The molecule has 0 bridgehead atoms. The van der Waals surface area contributed by atoms with Crippen LogP contribution in [0.1, 0.15) is 17.3 Å². The van der Waals surface area contributed by atoms with Crippen LogP contribution < -0.4 is 5.32 Å². The number of anilines is 1. The maximum absolute atomic E-state index is 12.1. The number of benzene rings is 3. The molecule has 0 heterocycles. The molecule has 0 atom stereocenters. The first-order valence-corrected chi connectivity index (χ1v) is 7.75. The number of hydrogen-bond donors (Lipinski definition) is 1. The second-order valence-electron chi connectivity index (χ2n) is 5.40. The number of carbonyl (C=O) groups excluding carboxylic acids is 2. The summed E-state index contributed by atoms with van der Waals surface area (Å²) >= 11 is 0. The highest BCUT2D eigenvalue weighted by Gasteiger charge is 2.11. The largest absolute Gasteiger partial charge is 0.437 e. The molecular formula is C20H16N2O3. The van der Waals surface area contributed by atoms with Gasteiger partial charge in [-0.25, -0.2) is 4.79 Å². The number of oxime groups is 1. The quantitative estimate of drug-likeness (QED) is 0.327. The van der Waals surface area contributed by atoms with Gasteiger partial charge in [0.1, 0.15) is 5.71 Å². The summed E-state index contributed by atoms with van der Waals surface area (Å²) in [6, 6.07) is 21.9. The maximum Gasteiger partial charge on any atom is 0.437 e. The first-order chi connectivity index (χ1) is 12.1. The number of amides is 1. The Bertz CT molecular complexity index is 944. The zero-order chi connectivity index (χ0) is 17.6. The molecule has 0 saturated carbocycles. The van der Waals surface area contributed by atoms with Gasteiger partial charge in [-0.05, 0) is 18.4 Å². The average molecular weight is 332 g/mol. The Morgan fingerprint density at radius 1 is 0.880 bits per heavy atom. The SMILES string of the molecule is C/C(=N\OC(=O)Nc1cccc2ccccc12)C(=O)c1ccccc1. The van der Waals surface area contributed by atoms with E-state index in [1.807, 2.05) is 42.5 Å². The van der Waals surface area contributed by atoms with Gasteiger partial charge < -0.3 is 0 Å². The van der Waals surface area contributed by atoms with Crippen molar-refractivity contribution in [3.8, 4) is 0 Å². The smallest absolute Gasteiger partial charge is 0.297 e. The summed E-state index contributed by atoms with van der Waals surface area (Å²) in [6.07, 6.45) is -0.753. The molecule has 0 fully saturated rings. The maximum atomic E-state index is 12.1. The number of fused-ring (bicyclic) bond motifs is 1. The van der Waals surface area contributed by atoms with Crippen molar-refractivity contribution in [1.29, 1.82) is 0 Å². The summed E-state index contributed by atoms with van der Waals surface area (Å²) in [7, 11) is 0. The molecule has 25 heavy (non-hydrogen) atoms. The van der Waals surface area contributed by atoms with Crippen molar-refractivity contribution in [2.24, 2.45) is 5.16 Å². The van der Waals surface area contributed by atoms with E-state index >= 15 is 0 Å². The molecule has 0 spiro atoms. The molecule has 5 nitrogen and oxygen atoms in total. The molecule has 3 aromatic rings. The van der Waals surface area contributed by atoms with E-state index in [4.69, 9.17) is 4.84 Å². The molecule has 3 rings (SSSR count). The Labute approximate surface area is 144 Å². The molecule has 0 aliphatic rings. The monoisotopic (exact) mass is 332 g/mol. The minimum absolute atomic E-state index is 0.0965. The lowest BCUT2D eigenvalue weighted by Gasteiger charge is -2.07. The second kappa shape index (κ2) is 7.40. The number of carbonyl (C=O) groups is 2. The molecule has 0 saturated heterocycles. The summed E-state index contributed by atoms with van der Waals surface area (Å²) in [6.45, 7) is 1.50. The van der Waals surface area contributed by atoms with Gasteiger partial charge in [0.05, 0.1) is 5.69 Å². The molecule has 0 aromatic heterocycles. The number of nitrogens with zero attached hydrogens (tertiary/aromatic N) is 1. The molecule has 124 valence electrons. The summed E-state index contributed by atoms with van der Waals surface area (Å²) < 4.78 is 0. The van der Waals surface area contributed by atoms with E-state index in [0.717, 1.165) is 10.8 Å². The zero-order valence-corrected chi connectivity index (χ0v) is 13.6. The van der Waals surface area contributed by atoms with Gasteiger partial charge in [0, 0.05) is 10.9 Å². The van der Waals surface area contributed by atoms with Crippen LogP contribution in [-0.2, 0) is 4.84 Å². The van der Waals surface area contributed by atoms with Gasteiger partial charge >= 0.3 is 6.09 Å². The molecule has 0 radical (unpaired) electrons. The third-order valence-corrected chi connectivity index (χ3v) is 3.66. The van der Waals surface area contributed by atoms with Crippen molar-refractivity contribution in [3.05, 3.63) is 78.4 Å². The lowest BCUT2D eigenvalue weighted by Crippen LogP contribution is -2.15. The fourth-order valence-corrected chi connectivity index (χ4v) is 2.42.